The van der Waals surface area contributed by atoms with Gasteiger partial charge in [-0.2, -0.15) is 4.31 Å². The highest BCUT2D eigenvalue weighted by Crippen LogP contribution is 2.29. The zero-order valence-electron chi connectivity index (χ0n) is 18.4. The molecule has 4 atom stereocenters. The molecule has 2 rings (SSSR count). The topological polar surface area (TPSA) is 78.5 Å². The van der Waals surface area contributed by atoms with Crippen molar-refractivity contribution in [3.8, 4) is 0 Å². The lowest BCUT2D eigenvalue weighted by Crippen LogP contribution is -2.46. The molecular formula is C22H37N3O3S. The van der Waals surface area contributed by atoms with E-state index < -0.39 is 10.0 Å². The molecule has 0 unspecified atom stereocenters. The standard InChI is InChI=1S/C22H37N3O3S/c1-6-25(7-2)29(27,28)20-13-11-19(12-14-20)18(5)23-15-22(26)24-21-10-8-9-16(3)17(21)4/h11-14,16-18,21,23H,6-10,15H2,1-5H3,(H,24,26)/t16-,17-,18+,21-/m0/s1. The second-order valence-corrected chi connectivity index (χ2v) is 10.1. The van der Waals surface area contributed by atoms with Crippen LogP contribution < -0.4 is 10.6 Å². The van der Waals surface area contributed by atoms with Gasteiger partial charge in [-0.3, -0.25) is 4.79 Å². The maximum Gasteiger partial charge on any atom is 0.243 e. The van der Waals surface area contributed by atoms with Crippen LogP contribution >= 0.6 is 0 Å². The van der Waals surface area contributed by atoms with Gasteiger partial charge in [0.1, 0.15) is 0 Å². The number of nitrogens with zero attached hydrogens (tertiary/aromatic N) is 1. The van der Waals surface area contributed by atoms with Crippen molar-refractivity contribution in [3.05, 3.63) is 29.8 Å². The summed E-state index contributed by atoms with van der Waals surface area (Å²) in [6.07, 6.45) is 3.46. The summed E-state index contributed by atoms with van der Waals surface area (Å²) in [5.74, 6) is 1.17. The van der Waals surface area contributed by atoms with Crippen molar-refractivity contribution in [2.75, 3.05) is 19.6 Å². The number of hydrogen-bond donors (Lipinski definition) is 2. The first-order valence-corrected chi connectivity index (χ1v) is 12.3. The van der Waals surface area contributed by atoms with Crippen LogP contribution in [0.2, 0.25) is 0 Å². The molecule has 0 aromatic heterocycles. The average Bonchev–Trinajstić information content (AvgIpc) is 2.70. The third-order valence-corrected chi connectivity index (χ3v) is 8.41. The molecular weight excluding hydrogens is 386 g/mol. The molecule has 0 radical (unpaired) electrons. The lowest BCUT2D eigenvalue weighted by Gasteiger charge is -2.34. The summed E-state index contributed by atoms with van der Waals surface area (Å²) in [7, 11) is -3.45. The van der Waals surface area contributed by atoms with E-state index in [0.29, 0.717) is 29.8 Å². The zero-order valence-corrected chi connectivity index (χ0v) is 19.3. The van der Waals surface area contributed by atoms with Crippen LogP contribution in [0, 0.1) is 11.8 Å². The molecule has 6 nitrogen and oxygen atoms in total. The van der Waals surface area contributed by atoms with Crippen LogP contribution in [0.5, 0.6) is 0 Å². The number of carbonyl (C=O) groups is 1. The fourth-order valence-electron chi connectivity index (χ4n) is 4.05. The highest BCUT2D eigenvalue weighted by molar-refractivity contribution is 7.89. The van der Waals surface area contributed by atoms with Crippen LogP contribution in [0.15, 0.2) is 29.2 Å². The molecule has 1 amide bonds. The molecule has 1 saturated carbocycles. The monoisotopic (exact) mass is 423 g/mol. The van der Waals surface area contributed by atoms with Crippen molar-refractivity contribution in [1.82, 2.24) is 14.9 Å². The number of nitrogens with one attached hydrogen (secondary N) is 2. The number of carbonyl (C=O) groups excluding carboxylic acids is 1. The maximum atomic E-state index is 12.6. The highest BCUT2D eigenvalue weighted by atomic mass is 32.2. The minimum absolute atomic E-state index is 0.0172. The second-order valence-electron chi connectivity index (χ2n) is 8.20. The fraction of sp³-hybridized carbons (Fsp3) is 0.682. The predicted octanol–water partition coefficient (Wildman–Crippen LogP) is 3.31. The van der Waals surface area contributed by atoms with E-state index in [1.807, 2.05) is 32.9 Å². The Hall–Kier alpha value is -1.44. The van der Waals surface area contributed by atoms with E-state index in [-0.39, 0.29) is 24.5 Å². The normalized spacial score (nSPS) is 23.7. The van der Waals surface area contributed by atoms with Crippen molar-refractivity contribution >= 4 is 15.9 Å². The van der Waals surface area contributed by atoms with E-state index in [9.17, 15) is 13.2 Å². The van der Waals surface area contributed by atoms with Gasteiger partial charge in [-0.15, -0.1) is 0 Å². The molecule has 0 bridgehead atoms. The third kappa shape index (κ3) is 6.03. The maximum absolute atomic E-state index is 12.6. The Bertz CT molecular complexity index is 760. The summed E-state index contributed by atoms with van der Waals surface area (Å²) in [6.45, 7) is 11.3. The van der Waals surface area contributed by atoms with E-state index in [1.165, 1.54) is 17.1 Å². The molecule has 1 aliphatic carbocycles. The number of hydrogen-bond acceptors (Lipinski definition) is 4. The van der Waals surface area contributed by atoms with Crippen LogP contribution in [0.25, 0.3) is 0 Å². The largest absolute Gasteiger partial charge is 0.352 e. The van der Waals surface area contributed by atoms with Gasteiger partial charge in [0.25, 0.3) is 0 Å². The molecule has 1 aliphatic rings. The summed E-state index contributed by atoms with van der Waals surface area (Å²) in [5.41, 5.74) is 0.955. The lowest BCUT2D eigenvalue weighted by molar-refractivity contribution is -0.121. The van der Waals surface area contributed by atoms with E-state index in [4.69, 9.17) is 0 Å². The van der Waals surface area contributed by atoms with Crippen LogP contribution in [-0.2, 0) is 14.8 Å². The number of benzene rings is 1. The zero-order chi connectivity index (χ0) is 21.6. The first-order chi connectivity index (χ1) is 13.7. The molecule has 0 heterocycles. The average molecular weight is 424 g/mol. The smallest absolute Gasteiger partial charge is 0.243 e. The van der Waals surface area contributed by atoms with Gasteiger partial charge in [0.15, 0.2) is 0 Å². The Labute approximate surface area is 176 Å². The van der Waals surface area contributed by atoms with Crippen molar-refractivity contribution < 1.29 is 13.2 Å². The minimum atomic E-state index is -3.45. The fourth-order valence-corrected chi connectivity index (χ4v) is 5.51. The Morgan fingerprint density at radius 1 is 1.14 bits per heavy atom. The Morgan fingerprint density at radius 2 is 1.76 bits per heavy atom. The second kappa shape index (κ2) is 10.5. The minimum Gasteiger partial charge on any atom is -0.352 e. The van der Waals surface area contributed by atoms with Crippen LogP contribution in [0.4, 0.5) is 0 Å². The molecule has 0 spiro atoms. The van der Waals surface area contributed by atoms with Gasteiger partial charge < -0.3 is 10.6 Å². The van der Waals surface area contributed by atoms with Gasteiger partial charge >= 0.3 is 0 Å². The van der Waals surface area contributed by atoms with Gasteiger partial charge in [-0.05, 0) is 42.9 Å². The molecule has 1 aromatic carbocycles. The summed E-state index contributed by atoms with van der Waals surface area (Å²) in [4.78, 5) is 12.7. The van der Waals surface area contributed by atoms with Crippen LogP contribution in [0.1, 0.15) is 65.5 Å². The van der Waals surface area contributed by atoms with E-state index in [1.54, 1.807) is 12.1 Å². The van der Waals surface area contributed by atoms with E-state index in [0.717, 1.165) is 12.0 Å². The van der Waals surface area contributed by atoms with E-state index >= 15 is 0 Å². The van der Waals surface area contributed by atoms with Crippen LogP contribution in [0.3, 0.4) is 0 Å². The summed E-state index contributed by atoms with van der Waals surface area (Å²) >= 11 is 0. The highest BCUT2D eigenvalue weighted by Gasteiger charge is 2.28. The molecule has 1 fully saturated rings. The Balaban J connectivity index is 1.91. The number of amides is 1. The van der Waals surface area contributed by atoms with Crippen molar-refractivity contribution in [2.45, 2.75) is 70.9 Å². The number of rotatable bonds is 9. The molecule has 7 heteroatoms. The van der Waals surface area contributed by atoms with Crippen LogP contribution in [-0.4, -0.2) is 44.3 Å². The molecule has 164 valence electrons. The first kappa shape index (κ1) is 23.8. The van der Waals surface area contributed by atoms with Crippen molar-refractivity contribution in [1.29, 1.82) is 0 Å². The van der Waals surface area contributed by atoms with Gasteiger partial charge in [0.05, 0.1) is 11.4 Å². The Kier molecular flexibility index (Phi) is 8.67. The number of sulfonamides is 1. The third-order valence-electron chi connectivity index (χ3n) is 6.35. The molecule has 29 heavy (non-hydrogen) atoms. The van der Waals surface area contributed by atoms with Gasteiger partial charge in [0.2, 0.25) is 15.9 Å². The summed E-state index contributed by atoms with van der Waals surface area (Å²) in [5, 5.41) is 6.42. The van der Waals surface area contributed by atoms with Gasteiger partial charge in [0, 0.05) is 25.2 Å². The van der Waals surface area contributed by atoms with Crippen molar-refractivity contribution in [3.63, 3.8) is 0 Å². The molecule has 0 aliphatic heterocycles. The quantitative estimate of drug-likeness (QED) is 0.639. The van der Waals surface area contributed by atoms with E-state index in [2.05, 4.69) is 24.5 Å². The Morgan fingerprint density at radius 3 is 2.34 bits per heavy atom. The lowest BCUT2D eigenvalue weighted by atomic mass is 9.78. The SMILES string of the molecule is CCN(CC)S(=O)(=O)c1ccc([C@@H](C)NCC(=O)N[C@H]2CCC[C@H](C)[C@@H]2C)cc1. The molecule has 0 saturated heterocycles. The summed E-state index contributed by atoms with van der Waals surface area (Å²) < 4.78 is 26.6. The molecule has 2 N–H and O–H groups in total. The van der Waals surface area contributed by atoms with Gasteiger partial charge in [-0.25, -0.2) is 8.42 Å². The van der Waals surface area contributed by atoms with Crippen molar-refractivity contribution in [2.24, 2.45) is 11.8 Å². The molecule has 1 aromatic rings. The first-order valence-electron chi connectivity index (χ1n) is 10.8. The predicted molar refractivity (Wildman–Crippen MR) is 117 cm³/mol. The summed E-state index contributed by atoms with van der Waals surface area (Å²) in [6, 6.07) is 7.13. The van der Waals surface area contributed by atoms with Gasteiger partial charge in [-0.1, -0.05) is 52.7 Å².